The molecular formula is C20H23FN4O3. The van der Waals surface area contributed by atoms with Gasteiger partial charge in [0, 0.05) is 24.7 Å². The highest BCUT2D eigenvalue weighted by molar-refractivity contribution is 5.94. The molecule has 2 aromatic rings. The molecule has 0 unspecified atom stereocenters. The molecule has 0 aliphatic carbocycles. The van der Waals surface area contributed by atoms with Crippen molar-refractivity contribution in [1.29, 1.82) is 0 Å². The van der Waals surface area contributed by atoms with Crippen molar-refractivity contribution in [3.63, 3.8) is 0 Å². The van der Waals surface area contributed by atoms with Gasteiger partial charge in [0.15, 0.2) is 0 Å². The quantitative estimate of drug-likeness (QED) is 0.808. The Labute approximate surface area is 162 Å². The Morgan fingerprint density at radius 1 is 1.14 bits per heavy atom. The van der Waals surface area contributed by atoms with E-state index in [1.807, 2.05) is 0 Å². The zero-order valence-electron chi connectivity index (χ0n) is 16.0. The fraction of sp³-hybridized carbons (Fsp3) is 0.450. The Morgan fingerprint density at radius 2 is 1.89 bits per heavy atom. The van der Waals surface area contributed by atoms with Crippen molar-refractivity contribution in [2.24, 2.45) is 0 Å². The number of rotatable bonds is 3. The molecule has 1 saturated heterocycles. The SMILES string of the molecule is CN(C)C1CCN(C(=O)c2nc3c(o2)CN(C(=O)c2cccc(F)c2)C3)CC1. The molecular weight excluding hydrogens is 363 g/mol. The first kappa shape index (κ1) is 18.6. The van der Waals surface area contributed by atoms with Crippen LogP contribution in [0.25, 0.3) is 0 Å². The maximum Gasteiger partial charge on any atom is 0.309 e. The highest BCUT2D eigenvalue weighted by Gasteiger charge is 2.33. The summed E-state index contributed by atoms with van der Waals surface area (Å²) in [5, 5.41) is 0. The minimum absolute atomic E-state index is 0.0890. The van der Waals surface area contributed by atoms with Crippen LogP contribution in [0.2, 0.25) is 0 Å². The maximum absolute atomic E-state index is 13.4. The van der Waals surface area contributed by atoms with Crippen LogP contribution in [0.15, 0.2) is 28.7 Å². The van der Waals surface area contributed by atoms with E-state index in [1.54, 1.807) is 11.0 Å². The van der Waals surface area contributed by atoms with Crippen LogP contribution >= 0.6 is 0 Å². The molecule has 0 spiro atoms. The summed E-state index contributed by atoms with van der Waals surface area (Å²) < 4.78 is 19.0. The summed E-state index contributed by atoms with van der Waals surface area (Å²) >= 11 is 0. The number of likely N-dealkylation sites (tertiary alicyclic amines) is 1. The summed E-state index contributed by atoms with van der Waals surface area (Å²) in [5.74, 6) is -0.325. The van der Waals surface area contributed by atoms with Crippen molar-refractivity contribution in [3.05, 3.63) is 53.0 Å². The Morgan fingerprint density at radius 3 is 2.54 bits per heavy atom. The van der Waals surface area contributed by atoms with E-state index < -0.39 is 5.82 Å². The molecule has 0 atom stereocenters. The lowest BCUT2D eigenvalue weighted by Gasteiger charge is -2.34. The van der Waals surface area contributed by atoms with Gasteiger partial charge in [-0.2, -0.15) is 0 Å². The van der Waals surface area contributed by atoms with Crippen LogP contribution in [0, 0.1) is 5.82 Å². The largest absolute Gasteiger partial charge is 0.435 e. The number of fused-ring (bicyclic) bond motifs is 1. The molecule has 2 amide bonds. The number of piperidine rings is 1. The summed E-state index contributed by atoms with van der Waals surface area (Å²) in [6.45, 7) is 1.84. The summed E-state index contributed by atoms with van der Waals surface area (Å²) in [6.07, 6.45) is 1.85. The van der Waals surface area contributed by atoms with Gasteiger partial charge < -0.3 is 19.1 Å². The van der Waals surface area contributed by atoms with Crippen LogP contribution in [-0.2, 0) is 13.1 Å². The number of amides is 2. The van der Waals surface area contributed by atoms with E-state index in [0.717, 1.165) is 12.8 Å². The van der Waals surface area contributed by atoms with Crippen molar-refractivity contribution >= 4 is 11.8 Å². The summed E-state index contributed by atoms with van der Waals surface area (Å²) in [4.78, 5) is 35.0. The first-order chi connectivity index (χ1) is 13.4. The highest BCUT2D eigenvalue weighted by atomic mass is 19.1. The second-order valence-electron chi connectivity index (χ2n) is 7.55. The van der Waals surface area contributed by atoms with Gasteiger partial charge in [0.1, 0.15) is 17.3 Å². The van der Waals surface area contributed by atoms with Crippen molar-refractivity contribution in [3.8, 4) is 0 Å². The molecule has 2 aliphatic rings. The molecule has 1 fully saturated rings. The van der Waals surface area contributed by atoms with Gasteiger partial charge in [0.05, 0.1) is 13.1 Å². The minimum atomic E-state index is -0.453. The van der Waals surface area contributed by atoms with E-state index in [4.69, 9.17) is 4.42 Å². The molecule has 7 nitrogen and oxygen atoms in total. The number of carbonyl (C=O) groups is 2. The molecule has 0 saturated carbocycles. The second kappa shape index (κ2) is 7.35. The lowest BCUT2D eigenvalue weighted by Crippen LogP contribution is -2.44. The van der Waals surface area contributed by atoms with Crippen molar-refractivity contribution in [2.45, 2.75) is 32.0 Å². The average Bonchev–Trinajstić information content (AvgIpc) is 3.26. The van der Waals surface area contributed by atoms with E-state index in [1.165, 1.54) is 23.1 Å². The van der Waals surface area contributed by atoms with Gasteiger partial charge in [0.2, 0.25) is 0 Å². The lowest BCUT2D eigenvalue weighted by molar-refractivity contribution is 0.0618. The average molecular weight is 386 g/mol. The van der Waals surface area contributed by atoms with Gasteiger partial charge in [-0.15, -0.1) is 0 Å². The number of oxazole rings is 1. The summed E-state index contributed by atoms with van der Waals surface area (Å²) in [6, 6.07) is 6.07. The zero-order chi connectivity index (χ0) is 19.8. The third-order valence-corrected chi connectivity index (χ3v) is 5.48. The van der Waals surface area contributed by atoms with Crippen LogP contribution in [0.4, 0.5) is 4.39 Å². The van der Waals surface area contributed by atoms with Gasteiger partial charge in [-0.1, -0.05) is 6.07 Å². The Hall–Kier alpha value is -2.74. The van der Waals surface area contributed by atoms with Crippen LogP contribution in [-0.4, -0.2) is 64.7 Å². The predicted octanol–water partition coefficient (Wildman–Crippen LogP) is 2.14. The molecule has 28 heavy (non-hydrogen) atoms. The standard InChI is InChI=1S/C20H23FN4O3/c1-23(2)15-6-8-24(9-7-15)20(27)18-22-16-11-25(12-17(16)28-18)19(26)13-4-3-5-14(21)10-13/h3-5,10,15H,6-9,11-12H2,1-2H3. The number of halogens is 1. The molecule has 148 valence electrons. The van der Waals surface area contributed by atoms with Crippen molar-refractivity contribution in [2.75, 3.05) is 27.2 Å². The number of nitrogens with zero attached hydrogens (tertiary/aromatic N) is 4. The van der Waals surface area contributed by atoms with Crippen LogP contribution in [0.3, 0.4) is 0 Å². The predicted molar refractivity (Wildman–Crippen MR) is 99.1 cm³/mol. The Kier molecular flexibility index (Phi) is 4.89. The smallest absolute Gasteiger partial charge is 0.309 e. The number of benzene rings is 1. The Balaban J connectivity index is 1.40. The number of carbonyl (C=O) groups excluding carboxylic acids is 2. The summed E-state index contributed by atoms with van der Waals surface area (Å²) in [7, 11) is 4.11. The Bertz CT molecular complexity index is 879. The molecule has 3 heterocycles. The molecule has 2 aliphatic heterocycles. The fourth-order valence-corrected chi connectivity index (χ4v) is 3.80. The van der Waals surface area contributed by atoms with E-state index >= 15 is 0 Å². The van der Waals surface area contributed by atoms with Gasteiger partial charge in [-0.25, -0.2) is 9.37 Å². The van der Waals surface area contributed by atoms with Crippen molar-refractivity contribution in [1.82, 2.24) is 19.7 Å². The number of hydrogen-bond acceptors (Lipinski definition) is 5. The van der Waals surface area contributed by atoms with Gasteiger partial charge in [-0.3, -0.25) is 9.59 Å². The molecule has 0 radical (unpaired) electrons. The van der Waals surface area contributed by atoms with Gasteiger partial charge in [-0.05, 0) is 45.1 Å². The first-order valence-corrected chi connectivity index (χ1v) is 9.41. The minimum Gasteiger partial charge on any atom is -0.435 e. The van der Waals surface area contributed by atoms with Gasteiger partial charge >= 0.3 is 5.91 Å². The fourth-order valence-electron chi connectivity index (χ4n) is 3.80. The number of hydrogen-bond donors (Lipinski definition) is 0. The van der Waals surface area contributed by atoms with Crippen LogP contribution < -0.4 is 0 Å². The zero-order valence-corrected chi connectivity index (χ0v) is 16.0. The lowest BCUT2D eigenvalue weighted by atomic mass is 10.0. The van der Waals surface area contributed by atoms with E-state index in [2.05, 4.69) is 24.0 Å². The molecule has 4 rings (SSSR count). The van der Waals surface area contributed by atoms with Gasteiger partial charge in [0.25, 0.3) is 11.8 Å². The monoisotopic (exact) mass is 386 g/mol. The molecule has 8 heteroatoms. The molecule has 1 aromatic heterocycles. The molecule has 0 N–H and O–H groups in total. The van der Waals surface area contributed by atoms with Crippen LogP contribution in [0.1, 0.15) is 45.3 Å². The normalized spacial score (nSPS) is 17.3. The third-order valence-electron chi connectivity index (χ3n) is 5.48. The van der Waals surface area contributed by atoms with E-state index in [9.17, 15) is 14.0 Å². The molecule has 1 aromatic carbocycles. The summed E-state index contributed by atoms with van der Waals surface area (Å²) in [5.41, 5.74) is 0.876. The second-order valence-corrected chi connectivity index (χ2v) is 7.55. The highest BCUT2D eigenvalue weighted by Crippen LogP contribution is 2.26. The van der Waals surface area contributed by atoms with E-state index in [-0.39, 0.29) is 36.4 Å². The first-order valence-electron chi connectivity index (χ1n) is 9.41. The van der Waals surface area contributed by atoms with Crippen LogP contribution in [0.5, 0.6) is 0 Å². The molecule has 0 bridgehead atoms. The third kappa shape index (κ3) is 3.52. The number of aromatic nitrogens is 1. The topological polar surface area (TPSA) is 69.9 Å². The van der Waals surface area contributed by atoms with Crippen molar-refractivity contribution < 1.29 is 18.4 Å². The van der Waals surface area contributed by atoms with E-state index in [0.29, 0.717) is 30.6 Å². The maximum atomic E-state index is 13.4.